The van der Waals surface area contributed by atoms with Gasteiger partial charge in [-0.15, -0.1) is 0 Å². The molecule has 0 aromatic heterocycles. The van der Waals surface area contributed by atoms with Crippen molar-refractivity contribution < 1.29 is 14.3 Å². The molecule has 0 aliphatic rings. The first-order chi connectivity index (χ1) is 8.49. The molecule has 0 saturated carbocycles. The maximum Gasteiger partial charge on any atom is 0.306 e. The normalized spacial score (nSPS) is 11.8. The molecule has 0 aliphatic heterocycles. The van der Waals surface area contributed by atoms with Gasteiger partial charge in [-0.2, -0.15) is 0 Å². The van der Waals surface area contributed by atoms with Gasteiger partial charge in [0.15, 0.2) is 0 Å². The minimum absolute atomic E-state index is 0.0376. The topological polar surface area (TPSA) is 95.4 Å². The first kappa shape index (κ1) is 14.0. The maximum absolute atomic E-state index is 11.4. The van der Waals surface area contributed by atoms with Crippen molar-refractivity contribution in [2.75, 3.05) is 12.3 Å². The Bertz CT molecular complexity index is 415. The Hall–Kier alpha value is -2.04. The zero-order valence-corrected chi connectivity index (χ0v) is 10.4. The molecule has 1 unspecified atom stereocenters. The zero-order chi connectivity index (χ0) is 13.5. The van der Waals surface area contributed by atoms with Crippen molar-refractivity contribution >= 4 is 17.6 Å². The van der Waals surface area contributed by atoms with E-state index in [9.17, 15) is 9.59 Å². The van der Waals surface area contributed by atoms with Gasteiger partial charge in [-0.3, -0.25) is 9.59 Å². The Morgan fingerprint density at radius 3 is 2.44 bits per heavy atom. The molecule has 1 rings (SSSR count). The Morgan fingerprint density at radius 2 is 1.89 bits per heavy atom. The lowest BCUT2D eigenvalue weighted by molar-refractivity contribution is -0.145. The van der Waals surface area contributed by atoms with E-state index in [0.717, 1.165) is 5.56 Å². The quantitative estimate of drug-likeness (QED) is 0.578. The fourth-order valence-electron chi connectivity index (χ4n) is 1.30. The Morgan fingerprint density at radius 1 is 1.28 bits per heavy atom. The molecular formula is C13H18N2O3. The highest BCUT2D eigenvalue weighted by Gasteiger charge is 2.11. The second-order valence-corrected chi connectivity index (χ2v) is 4.23. The number of aryl methyl sites for hydroxylation is 1. The largest absolute Gasteiger partial charge is 0.465 e. The van der Waals surface area contributed by atoms with Crippen LogP contribution in [0.1, 0.15) is 18.9 Å². The van der Waals surface area contributed by atoms with Gasteiger partial charge in [0, 0.05) is 12.1 Å². The van der Waals surface area contributed by atoms with E-state index in [1.165, 1.54) is 0 Å². The molecule has 0 fully saturated rings. The molecular weight excluding hydrogens is 232 g/mol. The molecule has 4 N–H and O–H groups in total. The fourth-order valence-corrected chi connectivity index (χ4v) is 1.30. The summed E-state index contributed by atoms with van der Waals surface area (Å²) in [5.74, 6) is -1.26. The van der Waals surface area contributed by atoms with Crippen molar-refractivity contribution in [2.24, 2.45) is 11.7 Å². The molecule has 1 atom stereocenters. The lowest BCUT2D eigenvalue weighted by Crippen LogP contribution is -2.25. The number of carbonyl (C=O) groups is 2. The fraction of sp³-hybridized carbons (Fsp3) is 0.385. The average Bonchev–Trinajstić information content (AvgIpc) is 2.35. The SMILES string of the molecule is CC(COC(=O)CCc1ccc(N)cc1)C(N)=O. The summed E-state index contributed by atoms with van der Waals surface area (Å²) in [5, 5.41) is 0. The molecule has 1 aromatic carbocycles. The van der Waals surface area contributed by atoms with E-state index >= 15 is 0 Å². The molecule has 0 radical (unpaired) electrons. The van der Waals surface area contributed by atoms with Crippen molar-refractivity contribution in [3.8, 4) is 0 Å². The number of rotatable bonds is 6. The van der Waals surface area contributed by atoms with Crippen LogP contribution in [0.15, 0.2) is 24.3 Å². The van der Waals surface area contributed by atoms with Crippen LogP contribution in [0.5, 0.6) is 0 Å². The third kappa shape index (κ3) is 4.86. The lowest BCUT2D eigenvalue weighted by Gasteiger charge is -2.08. The molecule has 1 amide bonds. The van der Waals surface area contributed by atoms with Gasteiger partial charge in [-0.05, 0) is 24.1 Å². The second-order valence-electron chi connectivity index (χ2n) is 4.23. The molecule has 0 saturated heterocycles. The van der Waals surface area contributed by atoms with Gasteiger partial charge < -0.3 is 16.2 Å². The predicted molar refractivity (Wildman–Crippen MR) is 68.5 cm³/mol. The molecule has 0 heterocycles. The van der Waals surface area contributed by atoms with Gasteiger partial charge in [0.25, 0.3) is 0 Å². The van der Waals surface area contributed by atoms with Crippen LogP contribution in [-0.2, 0) is 20.7 Å². The van der Waals surface area contributed by atoms with Crippen LogP contribution in [-0.4, -0.2) is 18.5 Å². The van der Waals surface area contributed by atoms with E-state index in [1.54, 1.807) is 19.1 Å². The molecule has 0 bridgehead atoms. The first-order valence-corrected chi connectivity index (χ1v) is 5.78. The first-order valence-electron chi connectivity index (χ1n) is 5.78. The van der Waals surface area contributed by atoms with Gasteiger partial charge in [-0.25, -0.2) is 0 Å². The van der Waals surface area contributed by atoms with Crippen LogP contribution in [0.3, 0.4) is 0 Å². The minimum atomic E-state index is -0.471. The van der Waals surface area contributed by atoms with Crippen LogP contribution in [0.25, 0.3) is 0 Å². The van der Waals surface area contributed by atoms with E-state index in [1.807, 2.05) is 12.1 Å². The van der Waals surface area contributed by atoms with Crippen LogP contribution < -0.4 is 11.5 Å². The van der Waals surface area contributed by atoms with Crippen molar-refractivity contribution in [1.29, 1.82) is 0 Å². The summed E-state index contributed by atoms with van der Waals surface area (Å²) in [7, 11) is 0. The Labute approximate surface area is 106 Å². The monoisotopic (exact) mass is 250 g/mol. The van der Waals surface area contributed by atoms with Gasteiger partial charge in [0.05, 0.1) is 5.92 Å². The lowest BCUT2D eigenvalue weighted by atomic mass is 10.1. The maximum atomic E-state index is 11.4. The highest BCUT2D eigenvalue weighted by atomic mass is 16.5. The van der Waals surface area contributed by atoms with Crippen molar-refractivity contribution in [3.05, 3.63) is 29.8 Å². The highest BCUT2D eigenvalue weighted by molar-refractivity contribution is 5.77. The standard InChI is InChI=1S/C13H18N2O3/c1-9(13(15)17)8-18-12(16)7-4-10-2-5-11(14)6-3-10/h2-3,5-6,9H,4,7-8,14H2,1H3,(H2,15,17). The number of carbonyl (C=O) groups excluding carboxylic acids is 2. The van der Waals surface area contributed by atoms with Crippen molar-refractivity contribution in [1.82, 2.24) is 0 Å². The summed E-state index contributed by atoms with van der Waals surface area (Å²) in [6.45, 7) is 1.66. The van der Waals surface area contributed by atoms with E-state index < -0.39 is 11.8 Å². The van der Waals surface area contributed by atoms with Crippen LogP contribution >= 0.6 is 0 Å². The molecule has 1 aromatic rings. The summed E-state index contributed by atoms with van der Waals surface area (Å²) in [6, 6.07) is 7.31. The van der Waals surface area contributed by atoms with Crippen LogP contribution in [0.4, 0.5) is 5.69 Å². The summed E-state index contributed by atoms with van der Waals surface area (Å²) in [4.78, 5) is 22.2. The summed E-state index contributed by atoms with van der Waals surface area (Å²) >= 11 is 0. The minimum Gasteiger partial charge on any atom is -0.465 e. The highest BCUT2D eigenvalue weighted by Crippen LogP contribution is 2.08. The number of ether oxygens (including phenoxy) is 1. The number of benzene rings is 1. The Balaban J connectivity index is 2.29. The number of hydrogen-bond donors (Lipinski definition) is 2. The van der Waals surface area contributed by atoms with Crippen LogP contribution in [0.2, 0.25) is 0 Å². The summed E-state index contributed by atoms with van der Waals surface area (Å²) in [5.41, 5.74) is 12.3. The molecule has 18 heavy (non-hydrogen) atoms. The van der Waals surface area contributed by atoms with E-state index in [2.05, 4.69) is 0 Å². The number of esters is 1. The summed E-state index contributed by atoms with van der Waals surface area (Å²) in [6.07, 6.45) is 0.861. The number of nitrogens with two attached hydrogens (primary N) is 2. The van der Waals surface area contributed by atoms with Crippen LogP contribution in [0, 0.1) is 5.92 Å². The predicted octanol–water partition coefficient (Wildman–Crippen LogP) is 0.866. The number of anilines is 1. The number of hydrogen-bond acceptors (Lipinski definition) is 4. The molecule has 5 nitrogen and oxygen atoms in total. The Kier molecular flexibility index (Phi) is 5.17. The van der Waals surface area contributed by atoms with E-state index in [-0.39, 0.29) is 19.0 Å². The molecule has 98 valence electrons. The zero-order valence-electron chi connectivity index (χ0n) is 10.4. The van der Waals surface area contributed by atoms with Crippen molar-refractivity contribution in [3.63, 3.8) is 0 Å². The van der Waals surface area contributed by atoms with Gasteiger partial charge >= 0.3 is 5.97 Å². The number of primary amides is 1. The average molecular weight is 250 g/mol. The number of nitrogen functional groups attached to an aromatic ring is 1. The molecule has 5 heteroatoms. The van der Waals surface area contributed by atoms with E-state index in [0.29, 0.717) is 12.1 Å². The van der Waals surface area contributed by atoms with Crippen molar-refractivity contribution in [2.45, 2.75) is 19.8 Å². The molecule has 0 spiro atoms. The molecule has 0 aliphatic carbocycles. The van der Waals surface area contributed by atoms with Gasteiger partial charge in [0.2, 0.25) is 5.91 Å². The van der Waals surface area contributed by atoms with E-state index in [4.69, 9.17) is 16.2 Å². The third-order valence-corrected chi connectivity index (χ3v) is 2.58. The third-order valence-electron chi connectivity index (χ3n) is 2.58. The second kappa shape index (κ2) is 6.64. The smallest absolute Gasteiger partial charge is 0.306 e. The summed E-state index contributed by atoms with van der Waals surface area (Å²) < 4.78 is 4.95. The van der Waals surface area contributed by atoms with Gasteiger partial charge in [-0.1, -0.05) is 19.1 Å². The number of amides is 1. The van der Waals surface area contributed by atoms with Gasteiger partial charge in [0.1, 0.15) is 6.61 Å².